The second-order valence-electron chi connectivity index (χ2n) is 8.50. The SMILES string of the molecule is COCC1CCOc2ccc3c(c2)c(nn3C2CCCCO2)-c2cccc(c2)COC(=O)N1. The highest BCUT2D eigenvalue weighted by Gasteiger charge is 2.23. The monoisotopic (exact) mass is 451 g/mol. The van der Waals surface area contributed by atoms with Gasteiger partial charge in [0.25, 0.3) is 0 Å². The summed E-state index contributed by atoms with van der Waals surface area (Å²) in [7, 11) is 1.61. The molecule has 1 fully saturated rings. The van der Waals surface area contributed by atoms with Crippen LogP contribution in [0.1, 0.15) is 37.5 Å². The molecule has 0 aliphatic carbocycles. The van der Waals surface area contributed by atoms with E-state index in [-0.39, 0.29) is 18.9 Å². The average Bonchev–Trinajstić information content (AvgIpc) is 3.22. The Kier molecular flexibility index (Phi) is 6.46. The van der Waals surface area contributed by atoms with Gasteiger partial charge in [0.15, 0.2) is 6.23 Å². The molecule has 2 atom stereocenters. The minimum Gasteiger partial charge on any atom is -0.493 e. The third-order valence-corrected chi connectivity index (χ3v) is 6.10. The van der Waals surface area contributed by atoms with E-state index in [2.05, 4.69) is 11.4 Å². The summed E-state index contributed by atoms with van der Waals surface area (Å²) < 4.78 is 24.8. The van der Waals surface area contributed by atoms with Crippen LogP contribution < -0.4 is 10.1 Å². The number of ether oxygens (including phenoxy) is 4. The van der Waals surface area contributed by atoms with Crippen LogP contribution in [0.5, 0.6) is 5.75 Å². The van der Waals surface area contributed by atoms with Crippen molar-refractivity contribution in [3.63, 3.8) is 0 Å². The molecule has 8 nitrogen and oxygen atoms in total. The highest BCUT2D eigenvalue weighted by Crippen LogP contribution is 2.35. The van der Waals surface area contributed by atoms with Crippen molar-refractivity contribution >= 4 is 17.0 Å². The van der Waals surface area contributed by atoms with Gasteiger partial charge in [-0.15, -0.1) is 0 Å². The maximum atomic E-state index is 12.3. The number of rotatable bonds is 3. The molecular formula is C25H29N3O5. The molecule has 3 heterocycles. The molecule has 1 amide bonds. The number of aromatic nitrogens is 2. The summed E-state index contributed by atoms with van der Waals surface area (Å²) in [4.78, 5) is 12.3. The third-order valence-electron chi connectivity index (χ3n) is 6.10. The maximum absolute atomic E-state index is 12.3. The number of nitrogens with zero attached hydrogens (tertiary/aromatic N) is 2. The van der Waals surface area contributed by atoms with Gasteiger partial charge in [-0.2, -0.15) is 5.10 Å². The topological polar surface area (TPSA) is 83.8 Å². The molecule has 4 bridgehead atoms. The van der Waals surface area contributed by atoms with Crippen molar-refractivity contribution in [3.05, 3.63) is 48.0 Å². The summed E-state index contributed by atoms with van der Waals surface area (Å²) in [5, 5.41) is 8.86. The highest BCUT2D eigenvalue weighted by molar-refractivity contribution is 5.94. The second-order valence-corrected chi connectivity index (χ2v) is 8.50. The lowest BCUT2D eigenvalue weighted by molar-refractivity contribution is -0.0365. The first kappa shape index (κ1) is 21.7. The van der Waals surface area contributed by atoms with Crippen molar-refractivity contribution in [3.8, 4) is 17.0 Å². The Morgan fingerprint density at radius 2 is 2.06 bits per heavy atom. The Labute approximate surface area is 192 Å². The Bertz CT molecular complexity index is 1120. The largest absolute Gasteiger partial charge is 0.493 e. The minimum absolute atomic E-state index is 0.0719. The third kappa shape index (κ3) is 4.82. The van der Waals surface area contributed by atoms with Crippen LogP contribution in [0.3, 0.4) is 0 Å². The Morgan fingerprint density at radius 3 is 2.91 bits per heavy atom. The fourth-order valence-electron chi connectivity index (χ4n) is 4.44. The predicted molar refractivity (Wildman–Crippen MR) is 123 cm³/mol. The number of hydrogen-bond donors (Lipinski definition) is 1. The number of carbonyl (C=O) groups excluding carboxylic acids is 1. The van der Waals surface area contributed by atoms with E-state index in [4.69, 9.17) is 24.0 Å². The van der Waals surface area contributed by atoms with E-state index in [9.17, 15) is 4.79 Å². The number of alkyl carbamates (subject to hydrolysis) is 1. The van der Waals surface area contributed by atoms with Crippen LogP contribution in [0.4, 0.5) is 4.79 Å². The number of carbonyl (C=O) groups is 1. The van der Waals surface area contributed by atoms with Crippen molar-refractivity contribution in [2.75, 3.05) is 26.9 Å². The number of amides is 1. The van der Waals surface area contributed by atoms with Crippen molar-refractivity contribution in [1.29, 1.82) is 0 Å². The van der Waals surface area contributed by atoms with Gasteiger partial charge in [0, 0.05) is 31.1 Å². The fraction of sp³-hybridized carbons (Fsp3) is 0.440. The summed E-state index contributed by atoms with van der Waals surface area (Å²) in [6, 6.07) is 13.8. The van der Waals surface area contributed by atoms with Crippen LogP contribution >= 0.6 is 0 Å². The summed E-state index contributed by atoms with van der Waals surface area (Å²) in [5.41, 5.74) is 3.73. The van der Waals surface area contributed by atoms with E-state index >= 15 is 0 Å². The molecule has 0 spiro atoms. The van der Waals surface area contributed by atoms with E-state index in [0.717, 1.165) is 59.3 Å². The fourth-order valence-corrected chi connectivity index (χ4v) is 4.44. The number of benzene rings is 2. The van der Waals surface area contributed by atoms with Crippen LogP contribution in [0.25, 0.3) is 22.2 Å². The lowest BCUT2D eigenvalue weighted by atomic mass is 10.0. The summed E-state index contributed by atoms with van der Waals surface area (Å²) in [5.74, 6) is 0.762. The predicted octanol–water partition coefficient (Wildman–Crippen LogP) is 4.43. The molecule has 5 rings (SSSR count). The minimum atomic E-state index is -0.473. The lowest BCUT2D eigenvalue weighted by Gasteiger charge is -2.23. The van der Waals surface area contributed by atoms with E-state index in [1.807, 2.05) is 41.1 Å². The first-order chi connectivity index (χ1) is 16.2. The molecule has 2 aromatic carbocycles. The molecule has 8 heteroatoms. The first-order valence-electron chi connectivity index (χ1n) is 11.5. The molecular weight excluding hydrogens is 422 g/mol. The van der Waals surface area contributed by atoms with Crippen LogP contribution in [0.2, 0.25) is 0 Å². The van der Waals surface area contributed by atoms with Gasteiger partial charge in [-0.3, -0.25) is 0 Å². The molecule has 1 N–H and O–H groups in total. The molecule has 174 valence electrons. The maximum Gasteiger partial charge on any atom is 0.407 e. The van der Waals surface area contributed by atoms with Gasteiger partial charge < -0.3 is 24.3 Å². The molecule has 1 saturated heterocycles. The van der Waals surface area contributed by atoms with Gasteiger partial charge >= 0.3 is 6.09 Å². The summed E-state index contributed by atoms with van der Waals surface area (Å²) >= 11 is 0. The summed E-state index contributed by atoms with van der Waals surface area (Å²) in [6.07, 6.45) is 3.20. The highest BCUT2D eigenvalue weighted by atomic mass is 16.5. The standard InChI is InChI=1S/C25H29N3O5/c1-30-16-19-10-12-31-20-8-9-22-21(14-20)24(27-28(22)23-7-2-3-11-32-23)18-6-4-5-17(13-18)15-33-25(29)26-19/h4-6,8-9,13-14,19,23H,2-3,7,10-12,15-16H2,1H3,(H,26,29). The zero-order chi connectivity index (χ0) is 22.6. The quantitative estimate of drug-likeness (QED) is 0.634. The zero-order valence-electron chi connectivity index (χ0n) is 18.8. The first-order valence-corrected chi connectivity index (χ1v) is 11.5. The van der Waals surface area contributed by atoms with Crippen molar-refractivity contribution in [1.82, 2.24) is 15.1 Å². The zero-order valence-corrected chi connectivity index (χ0v) is 18.8. The van der Waals surface area contributed by atoms with Gasteiger partial charge in [0.05, 0.1) is 24.8 Å². The Morgan fingerprint density at radius 1 is 1.12 bits per heavy atom. The van der Waals surface area contributed by atoms with E-state index in [0.29, 0.717) is 19.6 Å². The molecule has 2 unspecified atom stereocenters. The van der Waals surface area contributed by atoms with Gasteiger partial charge in [-0.1, -0.05) is 18.2 Å². The van der Waals surface area contributed by atoms with E-state index in [1.165, 1.54) is 0 Å². The Balaban J connectivity index is 1.57. The smallest absolute Gasteiger partial charge is 0.407 e. The number of methoxy groups -OCH3 is 1. The number of cyclic esters (lactones) is 1. The molecule has 2 aliphatic rings. The normalized spacial score (nSPS) is 21.5. The average molecular weight is 452 g/mol. The van der Waals surface area contributed by atoms with Gasteiger partial charge in [-0.05, 0) is 49.1 Å². The number of hydrogen-bond acceptors (Lipinski definition) is 6. The molecule has 1 aromatic heterocycles. The molecule has 0 saturated carbocycles. The van der Waals surface area contributed by atoms with E-state index in [1.54, 1.807) is 7.11 Å². The van der Waals surface area contributed by atoms with Crippen LogP contribution in [0, 0.1) is 0 Å². The number of fused-ring (bicyclic) bond motifs is 4. The molecule has 33 heavy (non-hydrogen) atoms. The molecule has 3 aromatic rings. The van der Waals surface area contributed by atoms with Crippen molar-refractivity contribution in [2.24, 2.45) is 0 Å². The second kappa shape index (κ2) is 9.80. The lowest BCUT2D eigenvalue weighted by Crippen LogP contribution is -2.39. The molecule has 0 radical (unpaired) electrons. The van der Waals surface area contributed by atoms with Gasteiger partial charge in [0.2, 0.25) is 0 Å². The summed E-state index contributed by atoms with van der Waals surface area (Å²) in [6.45, 7) is 1.74. The van der Waals surface area contributed by atoms with E-state index < -0.39 is 6.09 Å². The van der Waals surface area contributed by atoms with Crippen LogP contribution in [-0.4, -0.2) is 48.8 Å². The van der Waals surface area contributed by atoms with Gasteiger partial charge in [0.1, 0.15) is 18.1 Å². The van der Waals surface area contributed by atoms with Crippen LogP contribution in [-0.2, 0) is 20.8 Å². The number of nitrogens with one attached hydrogen (secondary N) is 1. The van der Waals surface area contributed by atoms with Crippen molar-refractivity contribution < 1.29 is 23.7 Å². The molecule has 2 aliphatic heterocycles. The van der Waals surface area contributed by atoms with Crippen LogP contribution in [0.15, 0.2) is 42.5 Å². The Hall–Kier alpha value is -3.10. The van der Waals surface area contributed by atoms with Crippen molar-refractivity contribution in [2.45, 2.75) is 44.6 Å². The van der Waals surface area contributed by atoms with Gasteiger partial charge in [-0.25, -0.2) is 9.48 Å².